The van der Waals surface area contributed by atoms with Crippen LogP contribution in [0.15, 0.2) is 24.3 Å². The molecule has 0 aromatic heterocycles. The van der Waals surface area contributed by atoms with E-state index in [1.807, 2.05) is 24.3 Å². The lowest BCUT2D eigenvalue weighted by molar-refractivity contribution is 0.0920. The predicted octanol–water partition coefficient (Wildman–Crippen LogP) is 3.24. The third-order valence-electron chi connectivity index (χ3n) is 3.49. The summed E-state index contributed by atoms with van der Waals surface area (Å²) in [6.07, 6.45) is 0.906. The Morgan fingerprint density at radius 3 is 2.73 bits per heavy atom. The quantitative estimate of drug-likeness (QED) is 0.748. The van der Waals surface area contributed by atoms with Gasteiger partial charge in [-0.15, -0.1) is 0 Å². The van der Waals surface area contributed by atoms with E-state index in [4.69, 9.17) is 0 Å². The van der Waals surface area contributed by atoms with Crippen molar-refractivity contribution in [3.05, 3.63) is 29.8 Å². The van der Waals surface area contributed by atoms with E-state index in [0.717, 1.165) is 24.2 Å². The van der Waals surface area contributed by atoms with Gasteiger partial charge >= 0.3 is 0 Å². The lowest BCUT2D eigenvalue weighted by Crippen LogP contribution is -2.19. The third-order valence-corrected chi connectivity index (χ3v) is 3.49. The molecule has 1 fully saturated rings. The summed E-state index contributed by atoms with van der Waals surface area (Å²) in [6.45, 7) is 0.814. The third kappa shape index (κ3) is 1.41. The highest BCUT2D eigenvalue weighted by Gasteiger charge is 2.60. The van der Waals surface area contributed by atoms with Crippen molar-refractivity contribution in [3.63, 3.8) is 0 Å². The van der Waals surface area contributed by atoms with Crippen LogP contribution in [-0.2, 0) is 0 Å². The summed E-state index contributed by atoms with van der Waals surface area (Å²) in [7, 11) is 0. The Balaban J connectivity index is 1.94. The molecule has 15 heavy (non-hydrogen) atoms. The second-order valence-electron chi connectivity index (χ2n) is 4.48. The van der Waals surface area contributed by atoms with E-state index in [1.165, 1.54) is 0 Å². The molecule has 0 spiro atoms. The average molecular weight is 209 g/mol. The van der Waals surface area contributed by atoms with Crippen LogP contribution in [0.25, 0.3) is 0 Å². The van der Waals surface area contributed by atoms with Crippen LogP contribution < -0.4 is 5.32 Å². The molecule has 1 nitrogen and oxygen atoms in total. The van der Waals surface area contributed by atoms with E-state index >= 15 is 0 Å². The van der Waals surface area contributed by atoms with Gasteiger partial charge in [-0.3, -0.25) is 0 Å². The molecule has 0 saturated heterocycles. The molecule has 0 radical (unpaired) electrons. The number of anilines is 1. The number of nitrogens with one attached hydrogen (secondary N) is 1. The molecule has 3 heteroatoms. The first-order valence-electron chi connectivity index (χ1n) is 5.39. The van der Waals surface area contributed by atoms with Crippen LogP contribution in [0.1, 0.15) is 24.3 Å². The number of halogens is 2. The molecular weight excluding hydrogens is 196 g/mol. The van der Waals surface area contributed by atoms with Crippen molar-refractivity contribution in [1.29, 1.82) is 0 Å². The monoisotopic (exact) mass is 209 g/mol. The van der Waals surface area contributed by atoms with Gasteiger partial charge in [-0.1, -0.05) is 18.2 Å². The Kier molecular flexibility index (Phi) is 1.79. The summed E-state index contributed by atoms with van der Waals surface area (Å²) in [5, 5.41) is 3.26. The van der Waals surface area contributed by atoms with E-state index in [1.54, 1.807) is 0 Å². The smallest absolute Gasteiger partial charge is 0.252 e. The molecule has 80 valence electrons. The van der Waals surface area contributed by atoms with Gasteiger partial charge in [0.25, 0.3) is 5.92 Å². The molecule has 1 saturated carbocycles. The number of alkyl halides is 2. The van der Waals surface area contributed by atoms with Gasteiger partial charge in [0, 0.05) is 24.6 Å². The fourth-order valence-corrected chi connectivity index (χ4v) is 2.59. The standard InChI is InChI=1S/C12H13F2N/c13-12(14)7-10(12)8-5-6-15-11-4-2-1-3-9(8)11/h1-4,8,10,15H,5-7H2/t8-,10+/m0/s1. The molecule has 0 amide bonds. The maximum Gasteiger partial charge on any atom is 0.252 e. The van der Waals surface area contributed by atoms with E-state index in [-0.39, 0.29) is 12.3 Å². The van der Waals surface area contributed by atoms with Gasteiger partial charge in [0.1, 0.15) is 0 Å². The largest absolute Gasteiger partial charge is 0.385 e. The lowest BCUT2D eigenvalue weighted by atomic mass is 9.87. The minimum absolute atomic E-state index is 0.0532. The normalized spacial score (nSPS) is 31.6. The van der Waals surface area contributed by atoms with Gasteiger partial charge in [0.05, 0.1) is 0 Å². The minimum Gasteiger partial charge on any atom is -0.385 e. The van der Waals surface area contributed by atoms with Crippen molar-refractivity contribution in [2.75, 3.05) is 11.9 Å². The van der Waals surface area contributed by atoms with Crippen LogP contribution >= 0.6 is 0 Å². The Labute approximate surface area is 87.5 Å². The second kappa shape index (κ2) is 2.94. The molecule has 2 atom stereocenters. The summed E-state index contributed by atoms with van der Waals surface area (Å²) >= 11 is 0. The Morgan fingerprint density at radius 1 is 1.27 bits per heavy atom. The number of benzene rings is 1. The minimum atomic E-state index is -2.41. The highest BCUT2D eigenvalue weighted by Crippen LogP contribution is 2.58. The zero-order chi connectivity index (χ0) is 10.5. The van der Waals surface area contributed by atoms with Gasteiger partial charge in [-0.25, -0.2) is 8.78 Å². The molecule has 1 heterocycles. The molecule has 1 aliphatic carbocycles. The molecule has 1 N–H and O–H groups in total. The van der Waals surface area contributed by atoms with Gasteiger partial charge in [0.2, 0.25) is 0 Å². The van der Waals surface area contributed by atoms with Crippen LogP contribution in [0.5, 0.6) is 0 Å². The molecule has 2 aliphatic rings. The summed E-state index contributed by atoms with van der Waals surface area (Å²) in [5.41, 5.74) is 2.11. The first-order valence-corrected chi connectivity index (χ1v) is 5.39. The van der Waals surface area contributed by atoms with Crippen molar-refractivity contribution in [2.45, 2.75) is 24.7 Å². The van der Waals surface area contributed by atoms with Crippen LogP contribution in [-0.4, -0.2) is 12.5 Å². The number of rotatable bonds is 1. The maximum atomic E-state index is 13.1. The summed E-state index contributed by atoms with van der Waals surface area (Å²) in [6, 6.07) is 7.82. The van der Waals surface area contributed by atoms with E-state index in [2.05, 4.69) is 5.32 Å². The number of para-hydroxylation sites is 1. The predicted molar refractivity (Wildman–Crippen MR) is 55.3 cm³/mol. The van der Waals surface area contributed by atoms with Crippen molar-refractivity contribution in [2.24, 2.45) is 5.92 Å². The molecule has 0 unspecified atom stereocenters. The average Bonchev–Trinajstić information content (AvgIpc) is 2.87. The van der Waals surface area contributed by atoms with Crippen LogP contribution in [0.3, 0.4) is 0 Å². The molecule has 3 rings (SSSR count). The molecule has 1 aromatic rings. The number of fused-ring (bicyclic) bond motifs is 1. The fourth-order valence-electron chi connectivity index (χ4n) is 2.59. The first kappa shape index (κ1) is 9.13. The summed E-state index contributed by atoms with van der Waals surface area (Å²) in [5.74, 6) is -2.77. The van der Waals surface area contributed by atoms with E-state index in [9.17, 15) is 8.78 Å². The van der Waals surface area contributed by atoms with Gasteiger partial charge in [0.15, 0.2) is 0 Å². The zero-order valence-corrected chi connectivity index (χ0v) is 8.34. The van der Waals surface area contributed by atoms with Crippen LogP contribution in [0, 0.1) is 5.92 Å². The van der Waals surface area contributed by atoms with Crippen molar-refractivity contribution >= 4 is 5.69 Å². The highest BCUT2D eigenvalue weighted by atomic mass is 19.3. The number of hydrogen-bond acceptors (Lipinski definition) is 1. The molecule has 1 aromatic carbocycles. The molecule has 1 aliphatic heterocycles. The maximum absolute atomic E-state index is 13.1. The highest BCUT2D eigenvalue weighted by molar-refractivity contribution is 5.55. The lowest BCUT2D eigenvalue weighted by Gasteiger charge is -2.26. The van der Waals surface area contributed by atoms with Gasteiger partial charge in [-0.05, 0) is 24.0 Å². The van der Waals surface area contributed by atoms with Gasteiger partial charge in [-0.2, -0.15) is 0 Å². The topological polar surface area (TPSA) is 12.0 Å². The van der Waals surface area contributed by atoms with Crippen LogP contribution in [0.2, 0.25) is 0 Å². The second-order valence-corrected chi connectivity index (χ2v) is 4.48. The Hall–Kier alpha value is -1.12. The summed E-state index contributed by atoms with van der Waals surface area (Å²) < 4.78 is 26.1. The van der Waals surface area contributed by atoms with E-state index < -0.39 is 11.8 Å². The number of hydrogen-bond donors (Lipinski definition) is 1. The zero-order valence-electron chi connectivity index (χ0n) is 8.34. The Bertz CT molecular complexity index is 389. The Morgan fingerprint density at radius 2 is 2.00 bits per heavy atom. The van der Waals surface area contributed by atoms with Crippen molar-refractivity contribution < 1.29 is 8.78 Å². The molecular formula is C12H13F2N. The van der Waals surface area contributed by atoms with Crippen molar-refractivity contribution in [1.82, 2.24) is 0 Å². The van der Waals surface area contributed by atoms with Crippen LogP contribution in [0.4, 0.5) is 14.5 Å². The molecule has 0 bridgehead atoms. The van der Waals surface area contributed by atoms with Gasteiger partial charge < -0.3 is 5.32 Å². The van der Waals surface area contributed by atoms with E-state index in [0.29, 0.717) is 0 Å². The summed E-state index contributed by atoms with van der Waals surface area (Å²) in [4.78, 5) is 0. The SMILES string of the molecule is FC1(F)C[C@@H]1[C@H]1CCNc2ccccc21. The van der Waals surface area contributed by atoms with Crippen molar-refractivity contribution in [3.8, 4) is 0 Å². The fraction of sp³-hybridized carbons (Fsp3) is 0.500. The first-order chi connectivity index (χ1) is 7.18.